The van der Waals surface area contributed by atoms with Crippen LogP contribution in [0.1, 0.15) is 26.2 Å². The summed E-state index contributed by atoms with van der Waals surface area (Å²) in [6.07, 6.45) is 3.82. The van der Waals surface area contributed by atoms with Gasteiger partial charge in [0.15, 0.2) is 0 Å². The monoisotopic (exact) mass is 403 g/mol. The van der Waals surface area contributed by atoms with Crippen LogP contribution in [-0.2, 0) is 10.0 Å². The molecule has 2 saturated heterocycles. The molecule has 0 aromatic heterocycles. The first-order chi connectivity index (χ1) is 13.6. The molecule has 2 fully saturated rings. The molecule has 2 aliphatic rings. The molecule has 2 aromatic carbocycles. The highest BCUT2D eigenvalue weighted by atomic mass is 32.2. The van der Waals surface area contributed by atoms with Crippen molar-refractivity contribution in [3.05, 3.63) is 42.5 Å². The van der Waals surface area contributed by atoms with E-state index in [1.54, 1.807) is 20.2 Å². The highest BCUT2D eigenvalue weighted by Gasteiger charge is 2.35. The van der Waals surface area contributed by atoms with Gasteiger partial charge in [0.2, 0.25) is 10.0 Å². The third-order valence-corrected chi connectivity index (χ3v) is 8.49. The third kappa shape index (κ3) is 4.10. The molecule has 0 amide bonds. The van der Waals surface area contributed by atoms with Crippen molar-refractivity contribution >= 4 is 20.8 Å². The van der Waals surface area contributed by atoms with Crippen molar-refractivity contribution in [1.29, 1.82) is 0 Å². The van der Waals surface area contributed by atoms with Gasteiger partial charge >= 0.3 is 0 Å². The van der Waals surface area contributed by atoms with Crippen molar-refractivity contribution in [2.75, 3.05) is 45.8 Å². The lowest BCUT2D eigenvalue weighted by Gasteiger charge is -2.38. The van der Waals surface area contributed by atoms with Crippen molar-refractivity contribution in [2.24, 2.45) is 0 Å². The van der Waals surface area contributed by atoms with Crippen LogP contribution < -0.4 is 9.80 Å². The highest BCUT2D eigenvalue weighted by Crippen LogP contribution is 2.22. The minimum atomic E-state index is -3.41. The lowest BCUT2D eigenvalue weighted by atomic mass is 10.0. The lowest BCUT2D eigenvalue weighted by molar-refractivity contribution is -0.959. The van der Waals surface area contributed by atoms with E-state index in [-0.39, 0.29) is 0 Å². The van der Waals surface area contributed by atoms with Gasteiger partial charge in [-0.25, -0.2) is 8.42 Å². The van der Waals surface area contributed by atoms with Gasteiger partial charge in [-0.3, -0.25) is 0 Å². The summed E-state index contributed by atoms with van der Waals surface area (Å²) in [6, 6.07) is 14.1. The predicted octanol–water partition coefficient (Wildman–Crippen LogP) is 0.186. The van der Waals surface area contributed by atoms with Gasteiger partial charge in [-0.15, -0.1) is 0 Å². The Kier molecular flexibility index (Phi) is 6.01. The topological polar surface area (TPSA) is 46.3 Å². The van der Waals surface area contributed by atoms with Crippen LogP contribution in [0, 0.1) is 0 Å². The highest BCUT2D eigenvalue weighted by molar-refractivity contribution is 7.89. The van der Waals surface area contributed by atoms with Gasteiger partial charge in [-0.05, 0) is 29.3 Å². The largest absolute Gasteiger partial charge is 0.335 e. The van der Waals surface area contributed by atoms with Crippen molar-refractivity contribution in [3.8, 4) is 0 Å². The van der Waals surface area contributed by atoms with E-state index in [2.05, 4.69) is 6.92 Å². The predicted molar refractivity (Wildman–Crippen MR) is 112 cm³/mol. The summed E-state index contributed by atoms with van der Waals surface area (Å²) in [5, 5.41) is 2.06. The van der Waals surface area contributed by atoms with Gasteiger partial charge < -0.3 is 9.80 Å². The second-order valence-corrected chi connectivity index (χ2v) is 10.3. The summed E-state index contributed by atoms with van der Waals surface area (Å²) in [5.41, 5.74) is 0. The zero-order valence-electron chi connectivity index (χ0n) is 16.9. The molecule has 2 N–H and O–H groups in total. The second-order valence-electron chi connectivity index (χ2n) is 8.35. The maximum absolute atomic E-state index is 13.1. The Morgan fingerprint density at radius 2 is 1.64 bits per heavy atom. The van der Waals surface area contributed by atoms with E-state index in [4.69, 9.17) is 0 Å². The molecule has 0 spiro atoms. The number of sulfonamides is 1. The number of benzene rings is 2. The number of piperidine rings is 1. The summed E-state index contributed by atoms with van der Waals surface area (Å²) < 4.78 is 28.0. The standard InChI is InChI=1S/C22H31N3O2S/c1-2-11-23-12-9-21(10-13-23)24-14-16-25(17-15-24)28(26,27)22-8-7-19-5-3-4-6-20(19)18-22/h3-8,18,21H,2,9-17H2,1H3/p+2. The Morgan fingerprint density at radius 3 is 2.32 bits per heavy atom. The Hall–Kier alpha value is -1.47. The fraction of sp³-hybridized carbons (Fsp3) is 0.545. The molecule has 28 heavy (non-hydrogen) atoms. The van der Waals surface area contributed by atoms with E-state index >= 15 is 0 Å². The van der Waals surface area contributed by atoms with Crippen LogP contribution in [-0.4, -0.2) is 64.6 Å². The van der Waals surface area contributed by atoms with E-state index in [9.17, 15) is 8.42 Å². The average Bonchev–Trinajstić information content (AvgIpc) is 2.74. The number of fused-ring (bicyclic) bond motifs is 1. The molecule has 0 atom stereocenters. The Morgan fingerprint density at radius 1 is 0.964 bits per heavy atom. The van der Waals surface area contributed by atoms with Crippen molar-refractivity contribution < 1.29 is 18.2 Å². The van der Waals surface area contributed by atoms with Crippen molar-refractivity contribution in [1.82, 2.24) is 4.31 Å². The average molecular weight is 404 g/mol. The molecule has 0 radical (unpaired) electrons. The summed E-state index contributed by atoms with van der Waals surface area (Å²) in [7, 11) is -3.41. The number of nitrogens with one attached hydrogen (secondary N) is 2. The summed E-state index contributed by atoms with van der Waals surface area (Å²) >= 11 is 0. The Bertz CT molecular complexity index is 899. The minimum Gasteiger partial charge on any atom is -0.335 e. The number of piperazine rings is 1. The lowest BCUT2D eigenvalue weighted by Crippen LogP contribution is -3.22. The van der Waals surface area contributed by atoms with Crippen molar-refractivity contribution in [3.63, 3.8) is 0 Å². The molecular weight excluding hydrogens is 370 g/mol. The van der Waals surface area contributed by atoms with Gasteiger partial charge in [-0.2, -0.15) is 4.31 Å². The van der Waals surface area contributed by atoms with E-state index in [0.29, 0.717) is 24.0 Å². The normalized spacial score (nSPS) is 25.2. The second kappa shape index (κ2) is 8.49. The number of hydrogen-bond acceptors (Lipinski definition) is 2. The molecule has 0 saturated carbocycles. The van der Waals surface area contributed by atoms with Gasteiger partial charge in [0.25, 0.3) is 0 Å². The molecule has 2 aliphatic heterocycles. The smallest absolute Gasteiger partial charge is 0.243 e. The maximum Gasteiger partial charge on any atom is 0.243 e. The van der Waals surface area contributed by atoms with Crippen LogP contribution in [0.5, 0.6) is 0 Å². The zero-order chi connectivity index (χ0) is 19.6. The molecule has 2 heterocycles. The zero-order valence-corrected chi connectivity index (χ0v) is 17.7. The van der Waals surface area contributed by atoms with Crippen LogP contribution in [0.3, 0.4) is 0 Å². The van der Waals surface area contributed by atoms with Gasteiger partial charge in [0, 0.05) is 12.8 Å². The van der Waals surface area contributed by atoms with Crippen molar-refractivity contribution in [2.45, 2.75) is 37.1 Å². The Balaban J connectivity index is 1.38. The van der Waals surface area contributed by atoms with Crippen LogP contribution in [0.15, 0.2) is 47.4 Å². The number of likely N-dealkylation sites (tertiary alicyclic amines) is 1. The molecule has 0 aliphatic carbocycles. The first-order valence-corrected chi connectivity index (χ1v) is 12.2. The van der Waals surface area contributed by atoms with E-state index in [1.807, 2.05) is 36.4 Å². The minimum absolute atomic E-state index is 0.422. The fourth-order valence-corrected chi connectivity index (χ4v) is 6.41. The summed E-state index contributed by atoms with van der Waals surface area (Å²) in [5.74, 6) is 0. The first kappa shape index (κ1) is 19.8. The quantitative estimate of drug-likeness (QED) is 0.749. The molecule has 6 heteroatoms. The molecule has 4 rings (SSSR count). The summed E-state index contributed by atoms with van der Waals surface area (Å²) in [6.45, 7) is 9.24. The first-order valence-electron chi connectivity index (χ1n) is 10.7. The van der Waals surface area contributed by atoms with E-state index in [1.165, 1.54) is 38.9 Å². The van der Waals surface area contributed by atoms with Gasteiger partial charge in [-0.1, -0.05) is 37.3 Å². The molecule has 2 aromatic rings. The molecule has 0 unspecified atom stereocenters. The van der Waals surface area contributed by atoms with E-state index < -0.39 is 10.0 Å². The number of nitrogens with zero attached hydrogens (tertiary/aromatic N) is 1. The fourth-order valence-electron chi connectivity index (χ4n) is 4.94. The number of quaternary nitrogens is 2. The van der Waals surface area contributed by atoms with Gasteiger partial charge in [0.05, 0.1) is 56.8 Å². The summed E-state index contributed by atoms with van der Waals surface area (Å²) in [4.78, 5) is 3.78. The third-order valence-electron chi connectivity index (χ3n) is 6.60. The van der Waals surface area contributed by atoms with Crippen LogP contribution in [0.25, 0.3) is 10.8 Å². The van der Waals surface area contributed by atoms with Gasteiger partial charge in [0.1, 0.15) is 0 Å². The molecular formula is C22H33N3O2S+2. The van der Waals surface area contributed by atoms with Crippen LogP contribution in [0.4, 0.5) is 0 Å². The maximum atomic E-state index is 13.1. The van der Waals surface area contributed by atoms with Crippen LogP contribution in [0.2, 0.25) is 0 Å². The number of rotatable bonds is 5. The Labute approximate surface area is 169 Å². The number of hydrogen-bond donors (Lipinski definition) is 2. The molecule has 0 bridgehead atoms. The molecule has 5 nitrogen and oxygen atoms in total. The molecule has 152 valence electrons. The van der Waals surface area contributed by atoms with Crippen LogP contribution >= 0.6 is 0 Å². The van der Waals surface area contributed by atoms with E-state index in [0.717, 1.165) is 23.9 Å². The SMILES string of the molecule is CCC[NH+]1CCC([NH+]2CCN(S(=O)(=O)c3ccc4ccccc4c3)CC2)CC1.